The fourth-order valence-electron chi connectivity index (χ4n) is 3.37. The number of hydrogen-bond donors (Lipinski definition) is 11. The minimum Gasteiger partial charge on any atom is -0.481 e. The van der Waals surface area contributed by atoms with E-state index in [0.29, 0.717) is 0 Å². The third-order valence-electron chi connectivity index (χ3n) is 5.79. The van der Waals surface area contributed by atoms with Gasteiger partial charge in [-0.05, 0) is 26.2 Å². The van der Waals surface area contributed by atoms with Gasteiger partial charge in [-0.25, -0.2) is 4.79 Å². The van der Waals surface area contributed by atoms with Crippen LogP contribution in [0.5, 0.6) is 0 Å². The van der Waals surface area contributed by atoms with Crippen LogP contribution in [0.1, 0.15) is 51.9 Å². The molecule has 0 spiro atoms. The van der Waals surface area contributed by atoms with Gasteiger partial charge in [0.15, 0.2) is 0 Å². The zero-order chi connectivity index (χ0) is 34.9. The van der Waals surface area contributed by atoms with Gasteiger partial charge >= 0.3 is 23.9 Å². The first-order valence-corrected chi connectivity index (χ1v) is 13.2. The molecule has 0 aliphatic heterocycles. The topological polar surface area (TPSA) is 364 Å². The first-order valence-electron chi connectivity index (χ1n) is 13.2. The number of carbonyl (C=O) groups excluding carboxylic acids is 6. The van der Waals surface area contributed by atoms with Gasteiger partial charge in [-0.3, -0.25) is 43.2 Å². The molecule has 252 valence electrons. The number of rotatable bonds is 22. The van der Waals surface area contributed by atoms with Crippen molar-refractivity contribution >= 4 is 59.3 Å². The molecule has 0 saturated heterocycles. The van der Waals surface area contributed by atoms with E-state index in [1.807, 2.05) is 5.32 Å². The number of carbonyl (C=O) groups is 10. The van der Waals surface area contributed by atoms with Crippen LogP contribution in [0.15, 0.2) is 0 Å². The summed E-state index contributed by atoms with van der Waals surface area (Å²) in [5.74, 6) is -11.7. The van der Waals surface area contributed by atoms with Crippen molar-refractivity contribution in [1.82, 2.24) is 26.6 Å². The number of carboxylic acids is 4. The lowest BCUT2D eigenvalue weighted by Gasteiger charge is -2.24. The molecule has 0 aromatic heterocycles. The Hall–Kier alpha value is -5.34. The highest BCUT2D eigenvalue weighted by Gasteiger charge is 2.30. The Labute approximate surface area is 254 Å². The molecule has 45 heavy (non-hydrogen) atoms. The SMILES string of the molecule is CC(NC(=O)C(CCC(=O)O)NC(=O)C(N)CCC(=O)O)C(=O)NC(CCC(N)=O)C(=O)NCC(=O)NC(CC(=O)O)C(=O)O. The van der Waals surface area contributed by atoms with Crippen LogP contribution in [0.25, 0.3) is 0 Å². The zero-order valence-corrected chi connectivity index (χ0v) is 24.1. The molecule has 21 nitrogen and oxygen atoms in total. The molecule has 0 aliphatic rings. The predicted molar refractivity (Wildman–Crippen MR) is 146 cm³/mol. The molecule has 0 aromatic rings. The van der Waals surface area contributed by atoms with Crippen LogP contribution in [-0.4, -0.2) is 117 Å². The van der Waals surface area contributed by atoms with Crippen molar-refractivity contribution in [1.29, 1.82) is 0 Å². The Morgan fingerprint density at radius 3 is 1.62 bits per heavy atom. The van der Waals surface area contributed by atoms with Crippen LogP contribution in [0.3, 0.4) is 0 Å². The summed E-state index contributed by atoms with van der Waals surface area (Å²) in [6.07, 6.45) is -3.52. The number of nitrogens with one attached hydrogen (secondary N) is 5. The summed E-state index contributed by atoms with van der Waals surface area (Å²) in [4.78, 5) is 118. The molecular weight excluding hydrogens is 610 g/mol. The number of amides is 6. The predicted octanol–water partition coefficient (Wildman–Crippen LogP) is -5.06. The van der Waals surface area contributed by atoms with Gasteiger partial charge in [-0.1, -0.05) is 0 Å². The second-order valence-corrected chi connectivity index (χ2v) is 9.60. The third kappa shape index (κ3) is 17.4. The van der Waals surface area contributed by atoms with E-state index < -0.39 is 128 Å². The molecule has 6 amide bonds. The molecule has 0 aliphatic carbocycles. The Morgan fingerprint density at radius 2 is 1.11 bits per heavy atom. The smallest absolute Gasteiger partial charge is 0.326 e. The number of primary amides is 1. The molecule has 0 heterocycles. The number of hydrogen-bond acceptors (Lipinski definition) is 11. The average Bonchev–Trinajstić information content (AvgIpc) is 2.93. The van der Waals surface area contributed by atoms with Crippen molar-refractivity contribution in [3.63, 3.8) is 0 Å². The summed E-state index contributed by atoms with van der Waals surface area (Å²) in [6.45, 7) is 0.309. The summed E-state index contributed by atoms with van der Waals surface area (Å²) < 4.78 is 0. The molecule has 0 fully saturated rings. The lowest BCUT2D eigenvalue weighted by molar-refractivity contribution is -0.147. The molecule has 5 unspecified atom stereocenters. The summed E-state index contributed by atoms with van der Waals surface area (Å²) in [5, 5.41) is 46.1. The summed E-state index contributed by atoms with van der Waals surface area (Å²) in [7, 11) is 0. The van der Waals surface area contributed by atoms with Gasteiger partial charge in [-0.2, -0.15) is 0 Å². The van der Waals surface area contributed by atoms with E-state index >= 15 is 0 Å². The summed E-state index contributed by atoms with van der Waals surface area (Å²) in [6, 6.07) is -7.60. The molecule has 0 bridgehead atoms. The fourth-order valence-corrected chi connectivity index (χ4v) is 3.37. The van der Waals surface area contributed by atoms with Crippen molar-refractivity contribution in [3.05, 3.63) is 0 Å². The van der Waals surface area contributed by atoms with E-state index in [1.54, 1.807) is 0 Å². The quantitative estimate of drug-likeness (QED) is 0.0523. The Kier molecular flexibility index (Phi) is 17.4. The first-order chi connectivity index (χ1) is 20.8. The second kappa shape index (κ2) is 19.8. The van der Waals surface area contributed by atoms with Gasteiger partial charge in [0.25, 0.3) is 0 Å². The van der Waals surface area contributed by atoms with Crippen LogP contribution in [-0.2, 0) is 47.9 Å². The lowest BCUT2D eigenvalue weighted by atomic mass is 10.1. The van der Waals surface area contributed by atoms with Crippen molar-refractivity contribution in [2.45, 2.75) is 82.1 Å². The highest BCUT2D eigenvalue weighted by Crippen LogP contribution is 2.04. The Morgan fingerprint density at radius 1 is 0.600 bits per heavy atom. The van der Waals surface area contributed by atoms with Crippen LogP contribution in [0.4, 0.5) is 0 Å². The molecule has 0 saturated carbocycles. The fraction of sp³-hybridized carbons (Fsp3) is 0.583. The maximum Gasteiger partial charge on any atom is 0.326 e. The van der Waals surface area contributed by atoms with E-state index in [1.165, 1.54) is 0 Å². The minimum absolute atomic E-state index is 0.286. The van der Waals surface area contributed by atoms with Gasteiger partial charge in [0.1, 0.15) is 24.2 Å². The standard InChI is InChI=1S/C24H37N7O14/c1-10(28-23(43)13(4-7-18(36)37)31-21(41)11(25)2-6-17(34)35)20(40)30-12(3-5-15(26)32)22(42)27-9-16(33)29-14(24(44)45)8-19(38)39/h10-14H,2-9,25H2,1H3,(H2,26,32)(H,27,42)(H,28,43)(H,29,33)(H,30,40)(H,31,41)(H,34,35)(H,36,37)(H,38,39)(H,44,45). The van der Waals surface area contributed by atoms with Gasteiger partial charge in [0.2, 0.25) is 35.4 Å². The zero-order valence-electron chi connectivity index (χ0n) is 24.1. The van der Waals surface area contributed by atoms with Crippen LogP contribution in [0.2, 0.25) is 0 Å². The van der Waals surface area contributed by atoms with Crippen molar-refractivity contribution in [2.24, 2.45) is 11.5 Å². The lowest BCUT2D eigenvalue weighted by Crippen LogP contribution is -2.57. The number of aliphatic carboxylic acids is 4. The Balaban J connectivity index is 5.45. The largest absolute Gasteiger partial charge is 0.481 e. The Bertz CT molecular complexity index is 1160. The van der Waals surface area contributed by atoms with Crippen LogP contribution in [0, 0.1) is 0 Å². The molecule has 5 atom stereocenters. The average molecular weight is 648 g/mol. The van der Waals surface area contributed by atoms with Crippen molar-refractivity contribution in [3.8, 4) is 0 Å². The normalized spacial score (nSPS) is 13.8. The van der Waals surface area contributed by atoms with E-state index in [4.69, 9.17) is 31.9 Å². The monoisotopic (exact) mass is 647 g/mol. The maximum atomic E-state index is 12.8. The molecule has 0 aromatic carbocycles. The first kappa shape index (κ1) is 39.7. The second-order valence-electron chi connectivity index (χ2n) is 9.60. The van der Waals surface area contributed by atoms with Crippen LogP contribution < -0.4 is 38.1 Å². The van der Waals surface area contributed by atoms with Crippen molar-refractivity contribution < 1.29 is 68.4 Å². The minimum atomic E-state index is -1.80. The van der Waals surface area contributed by atoms with E-state index in [-0.39, 0.29) is 12.8 Å². The van der Waals surface area contributed by atoms with Crippen molar-refractivity contribution in [2.75, 3.05) is 6.54 Å². The summed E-state index contributed by atoms with van der Waals surface area (Å²) >= 11 is 0. The summed E-state index contributed by atoms with van der Waals surface area (Å²) in [5.41, 5.74) is 10.7. The van der Waals surface area contributed by atoms with Gasteiger partial charge < -0.3 is 58.5 Å². The highest BCUT2D eigenvalue weighted by molar-refractivity contribution is 5.96. The van der Waals surface area contributed by atoms with E-state index in [9.17, 15) is 47.9 Å². The maximum absolute atomic E-state index is 12.8. The third-order valence-corrected chi connectivity index (χ3v) is 5.79. The number of carboxylic acid groups (broad SMARTS) is 4. The molecular formula is C24H37N7O14. The van der Waals surface area contributed by atoms with Gasteiger partial charge in [0, 0.05) is 19.3 Å². The van der Waals surface area contributed by atoms with E-state index in [0.717, 1.165) is 6.92 Å². The number of nitrogens with two attached hydrogens (primary N) is 2. The van der Waals surface area contributed by atoms with Gasteiger partial charge in [0.05, 0.1) is 19.0 Å². The van der Waals surface area contributed by atoms with Crippen LogP contribution >= 0.6 is 0 Å². The molecule has 13 N–H and O–H groups in total. The molecule has 0 radical (unpaired) electrons. The molecule has 21 heteroatoms. The van der Waals surface area contributed by atoms with Gasteiger partial charge in [-0.15, -0.1) is 0 Å². The highest BCUT2D eigenvalue weighted by atomic mass is 16.4. The molecule has 0 rings (SSSR count). The van der Waals surface area contributed by atoms with E-state index in [2.05, 4.69) is 21.3 Å².